The first kappa shape index (κ1) is 14.8. The van der Waals surface area contributed by atoms with Crippen LogP contribution < -0.4 is 0 Å². The van der Waals surface area contributed by atoms with Crippen molar-refractivity contribution < 1.29 is 9.90 Å². The second-order valence-corrected chi connectivity index (χ2v) is 5.38. The van der Waals surface area contributed by atoms with Crippen LogP contribution in [0.4, 0.5) is 0 Å². The van der Waals surface area contributed by atoms with E-state index in [-0.39, 0.29) is 12.5 Å². The Bertz CT molecular complexity index is 464. The number of carbonyl (C=O) groups is 1. The van der Waals surface area contributed by atoms with Gasteiger partial charge in [-0.25, -0.2) is 0 Å². The molecule has 3 nitrogen and oxygen atoms in total. The van der Waals surface area contributed by atoms with Gasteiger partial charge in [-0.05, 0) is 42.4 Å². The van der Waals surface area contributed by atoms with Gasteiger partial charge in [0, 0.05) is 25.8 Å². The summed E-state index contributed by atoms with van der Waals surface area (Å²) < 4.78 is 0. The van der Waals surface area contributed by atoms with Gasteiger partial charge in [0.2, 0.25) is 5.91 Å². The van der Waals surface area contributed by atoms with E-state index in [1.165, 1.54) is 5.56 Å². The van der Waals surface area contributed by atoms with E-state index in [4.69, 9.17) is 5.11 Å². The van der Waals surface area contributed by atoms with Crippen LogP contribution in [0, 0.1) is 5.92 Å². The summed E-state index contributed by atoms with van der Waals surface area (Å²) in [5.74, 6) is 0.534. The Kier molecular flexibility index (Phi) is 5.36. The predicted molar refractivity (Wildman–Crippen MR) is 81.2 cm³/mol. The van der Waals surface area contributed by atoms with Crippen LogP contribution in [-0.2, 0) is 11.2 Å². The molecule has 1 unspecified atom stereocenters. The fourth-order valence-electron chi connectivity index (χ4n) is 2.59. The molecule has 1 aromatic carbocycles. The van der Waals surface area contributed by atoms with Crippen LogP contribution in [0.3, 0.4) is 0 Å². The summed E-state index contributed by atoms with van der Waals surface area (Å²) in [6.45, 7) is 3.93. The van der Waals surface area contributed by atoms with Crippen molar-refractivity contribution in [1.82, 2.24) is 4.90 Å². The number of aryl methyl sites for hydroxylation is 1. The second kappa shape index (κ2) is 7.25. The molecule has 0 bridgehead atoms. The van der Waals surface area contributed by atoms with Crippen LogP contribution in [0.1, 0.15) is 30.9 Å². The number of hydrogen-bond acceptors (Lipinski definition) is 2. The molecular weight excluding hydrogens is 250 g/mol. The average molecular weight is 273 g/mol. The molecule has 0 spiro atoms. The summed E-state index contributed by atoms with van der Waals surface area (Å²) >= 11 is 0. The largest absolute Gasteiger partial charge is 0.396 e. The van der Waals surface area contributed by atoms with Crippen molar-refractivity contribution in [3.8, 4) is 0 Å². The first-order valence-electron chi connectivity index (χ1n) is 7.39. The molecule has 1 fully saturated rings. The van der Waals surface area contributed by atoms with Crippen molar-refractivity contribution in [1.29, 1.82) is 0 Å². The Morgan fingerprint density at radius 1 is 1.40 bits per heavy atom. The Morgan fingerprint density at radius 3 is 2.80 bits per heavy atom. The lowest BCUT2D eigenvalue weighted by Crippen LogP contribution is -2.26. The minimum Gasteiger partial charge on any atom is -0.396 e. The number of aliphatic hydroxyl groups excluding tert-OH is 1. The number of benzene rings is 1. The minimum atomic E-state index is 0.0741. The van der Waals surface area contributed by atoms with Gasteiger partial charge in [-0.2, -0.15) is 0 Å². The fourth-order valence-corrected chi connectivity index (χ4v) is 2.59. The van der Waals surface area contributed by atoms with Gasteiger partial charge >= 0.3 is 0 Å². The third kappa shape index (κ3) is 3.94. The zero-order valence-electron chi connectivity index (χ0n) is 12.1. The van der Waals surface area contributed by atoms with E-state index in [2.05, 4.69) is 19.1 Å². The molecule has 1 N–H and O–H groups in total. The van der Waals surface area contributed by atoms with E-state index < -0.39 is 0 Å². The van der Waals surface area contributed by atoms with Gasteiger partial charge in [0.15, 0.2) is 0 Å². The Labute approximate surface area is 120 Å². The molecule has 20 heavy (non-hydrogen) atoms. The second-order valence-electron chi connectivity index (χ2n) is 5.38. The minimum absolute atomic E-state index is 0.0741. The van der Waals surface area contributed by atoms with E-state index in [0.29, 0.717) is 5.92 Å². The summed E-state index contributed by atoms with van der Waals surface area (Å²) in [6, 6.07) is 8.27. The van der Waals surface area contributed by atoms with E-state index >= 15 is 0 Å². The maximum absolute atomic E-state index is 12.1. The molecule has 0 saturated carbocycles. The van der Waals surface area contributed by atoms with Gasteiger partial charge in [-0.1, -0.05) is 31.2 Å². The van der Waals surface area contributed by atoms with Gasteiger partial charge in [-0.15, -0.1) is 0 Å². The molecule has 1 aromatic rings. The molecule has 1 saturated heterocycles. The topological polar surface area (TPSA) is 40.5 Å². The van der Waals surface area contributed by atoms with E-state index in [0.717, 1.165) is 37.9 Å². The highest BCUT2D eigenvalue weighted by molar-refractivity contribution is 5.91. The van der Waals surface area contributed by atoms with Crippen molar-refractivity contribution in [2.24, 2.45) is 5.92 Å². The van der Waals surface area contributed by atoms with Gasteiger partial charge in [0.25, 0.3) is 0 Å². The molecule has 3 heteroatoms. The van der Waals surface area contributed by atoms with Crippen LogP contribution in [0.2, 0.25) is 0 Å². The molecule has 0 radical (unpaired) electrons. The summed E-state index contributed by atoms with van der Waals surface area (Å²) in [4.78, 5) is 13.9. The Morgan fingerprint density at radius 2 is 2.15 bits per heavy atom. The number of amides is 1. The molecule has 0 aromatic heterocycles. The maximum Gasteiger partial charge on any atom is 0.246 e. The summed E-state index contributed by atoms with van der Waals surface area (Å²) in [5, 5.41) is 8.93. The average Bonchev–Trinajstić information content (AvgIpc) is 2.94. The van der Waals surface area contributed by atoms with Gasteiger partial charge in [0.05, 0.1) is 0 Å². The number of rotatable bonds is 5. The molecule has 0 aliphatic carbocycles. The van der Waals surface area contributed by atoms with Crippen LogP contribution >= 0.6 is 0 Å². The number of aliphatic hydroxyl groups is 1. The van der Waals surface area contributed by atoms with Crippen molar-refractivity contribution in [3.05, 3.63) is 41.5 Å². The van der Waals surface area contributed by atoms with E-state index in [9.17, 15) is 4.79 Å². The normalized spacial score (nSPS) is 18.9. The number of likely N-dealkylation sites (tertiary alicyclic amines) is 1. The van der Waals surface area contributed by atoms with Crippen molar-refractivity contribution in [3.63, 3.8) is 0 Å². The number of nitrogens with zero attached hydrogens (tertiary/aromatic N) is 1. The van der Waals surface area contributed by atoms with Crippen LogP contribution in [0.5, 0.6) is 0 Å². The van der Waals surface area contributed by atoms with Crippen LogP contribution in [0.25, 0.3) is 6.08 Å². The molecular formula is C17H23NO2. The number of hydrogen-bond donors (Lipinski definition) is 1. The number of carbonyl (C=O) groups excluding carboxylic acids is 1. The molecule has 1 heterocycles. The quantitative estimate of drug-likeness (QED) is 0.837. The van der Waals surface area contributed by atoms with Gasteiger partial charge in [-0.3, -0.25) is 4.79 Å². The lowest BCUT2D eigenvalue weighted by Gasteiger charge is -2.13. The fraction of sp³-hybridized carbons (Fsp3) is 0.471. The zero-order valence-corrected chi connectivity index (χ0v) is 12.1. The first-order chi connectivity index (χ1) is 9.72. The SMILES string of the molecule is CCc1ccc(/C=C/C(=O)N2CCC(CCO)C2)cc1. The maximum atomic E-state index is 12.1. The molecule has 1 atom stereocenters. The lowest BCUT2D eigenvalue weighted by atomic mass is 10.1. The van der Waals surface area contributed by atoms with Gasteiger partial charge in [0.1, 0.15) is 0 Å². The third-order valence-electron chi connectivity index (χ3n) is 3.94. The highest BCUT2D eigenvalue weighted by Crippen LogP contribution is 2.19. The van der Waals surface area contributed by atoms with Crippen molar-refractivity contribution >= 4 is 12.0 Å². The molecule has 108 valence electrons. The molecule has 1 amide bonds. The lowest BCUT2D eigenvalue weighted by molar-refractivity contribution is -0.125. The van der Waals surface area contributed by atoms with Crippen LogP contribution in [0.15, 0.2) is 30.3 Å². The van der Waals surface area contributed by atoms with Crippen LogP contribution in [-0.4, -0.2) is 35.6 Å². The highest BCUT2D eigenvalue weighted by atomic mass is 16.3. The smallest absolute Gasteiger partial charge is 0.246 e. The molecule has 2 rings (SSSR count). The predicted octanol–water partition coefficient (Wildman–Crippen LogP) is 2.49. The van der Waals surface area contributed by atoms with E-state index in [1.54, 1.807) is 6.08 Å². The highest BCUT2D eigenvalue weighted by Gasteiger charge is 2.24. The summed E-state index contributed by atoms with van der Waals surface area (Å²) in [5.41, 5.74) is 2.36. The third-order valence-corrected chi connectivity index (χ3v) is 3.94. The molecule has 1 aliphatic rings. The monoisotopic (exact) mass is 273 g/mol. The summed E-state index contributed by atoms with van der Waals surface area (Å²) in [7, 11) is 0. The van der Waals surface area contributed by atoms with Gasteiger partial charge < -0.3 is 10.0 Å². The molecule has 1 aliphatic heterocycles. The van der Waals surface area contributed by atoms with Crippen molar-refractivity contribution in [2.75, 3.05) is 19.7 Å². The standard InChI is InChI=1S/C17H23NO2/c1-2-14-3-5-15(6-4-14)7-8-17(20)18-11-9-16(13-18)10-12-19/h3-8,16,19H,2,9-13H2,1H3/b8-7+. The zero-order chi connectivity index (χ0) is 14.4. The Balaban J connectivity index is 1.89. The summed E-state index contributed by atoms with van der Waals surface area (Å²) in [6.07, 6.45) is 6.36. The van der Waals surface area contributed by atoms with Crippen molar-refractivity contribution in [2.45, 2.75) is 26.2 Å². The van der Waals surface area contributed by atoms with E-state index in [1.807, 2.05) is 23.1 Å². The Hall–Kier alpha value is -1.61. The first-order valence-corrected chi connectivity index (χ1v) is 7.39.